The zero-order chi connectivity index (χ0) is 18.5. The van der Waals surface area contributed by atoms with E-state index in [2.05, 4.69) is 21.7 Å². The van der Waals surface area contributed by atoms with Crippen molar-refractivity contribution in [2.45, 2.75) is 6.04 Å². The zero-order valence-corrected chi connectivity index (χ0v) is 15.5. The first-order chi connectivity index (χ1) is 12.6. The predicted molar refractivity (Wildman–Crippen MR) is 99.9 cm³/mol. The maximum Gasteiger partial charge on any atom is 0.270 e. The molecule has 9 heteroatoms. The lowest BCUT2D eigenvalue weighted by Gasteiger charge is -2.34. The van der Waals surface area contributed by atoms with Crippen LogP contribution in [0.15, 0.2) is 35.0 Å². The molecule has 1 fully saturated rings. The number of hydrogen-bond donors (Lipinski definition) is 1. The lowest BCUT2D eigenvalue weighted by molar-refractivity contribution is -0.384. The van der Waals surface area contributed by atoms with Gasteiger partial charge in [-0.15, -0.1) is 0 Å². The van der Waals surface area contributed by atoms with E-state index in [1.165, 1.54) is 18.2 Å². The van der Waals surface area contributed by atoms with E-state index in [-0.39, 0.29) is 28.2 Å². The molecule has 1 aliphatic rings. The van der Waals surface area contributed by atoms with E-state index in [0.717, 1.165) is 18.7 Å². The molecule has 0 aliphatic carbocycles. The van der Waals surface area contributed by atoms with Gasteiger partial charge in [-0.05, 0) is 28.5 Å². The normalized spacial score (nSPS) is 16.2. The van der Waals surface area contributed by atoms with Gasteiger partial charge < -0.3 is 10.1 Å². The van der Waals surface area contributed by atoms with Crippen LogP contribution in [-0.2, 0) is 4.74 Å². The van der Waals surface area contributed by atoms with Gasteiger partial charge in [0.05, 0.1) is 34.8 Å². The molecule has 26 heavy (non-hydrogen) atoms. The Morgan fingerprint density at radius 1 is 1.38 bits per heavy atom. The Morgan fingerprint density at radius 2 is 2.15 bits per heavy atom. The van der Waals surface area contributed by atoms with E-state index in [9.17, 15) is 14.9 Å². The number of morpholine rings is 1. The minimum atomic E-state index is -0.543. The summed E-state index contributed by atoms with van der Waals surface area (Å²) in [5.74, 6) is -0.349. The van der Waals surface area contributed by atoms with Crippen LogP contribution in [0, 0.1) is 10.1 Å². The summed E-state index contributed by atoms with van der Waals surface area (Å²) in [4.78, 5) is 25.0. The highest BCUT2D eigenvalue weighted by atomic mass is 35.5. The molecule has 1 unspecified atom stereocenters. The maximum absolute atomic E-state index is 12.5. The fraction of sp³-hybridized carbons (Fsp3) is 0.353. The van der Waals surface area contributed by atoms with Gasteiger partial charge in [0.1, 0.15) is 0 Å². The van der Waals surface area contributed by atoms with Crippen molar-refractivity contribution >= 4 is 34.5 Å². The van der Waals surface area contributed by atoms with Crippen LogP contribution >= 0.6 is 22.9 Å². The van der Waals surface area contributed by atoms with Crippen LogP contribution in [0.2, 0.25) is 5.02 Å². The van der Waals surface area contributed by atoms with E-state index < -0.39 is 4.92 Å². The highest BCUT2D eigenvalue weighted by molar-refractivity contribution is 7.08. The van der Waals surface area contributed by atoms with Crippen LogP contribution in [-0.4, -0.2) is 48.6 Å². The largest absolute Gasteiger partial charge is 0.379 e. The first-order valence-electron chi connectivity index (χ1n) is 8.12. The quantitative estimate of drug-likeness (QED) is 0.600. The Balaban J connectivity index is 1.70. The van der Waals surface area contributed by atoms with Crippen molar-refractivity contribution in [3.63, 3.8) is 0 Å². The molecule has 0 spiro atoms. The SMILES string of the molecule is O=C(NCC(c1ccsc1)N1CCOCC1)c1ccc([N+](=O)[O-])cc1Cl. The van der Waals surface area contributed by atoms with Crippen molar-refractivity contribution in [2.75, 3.05) is 32.8 Å². The first-order valence-corrected chi connectivity index (χ1v) is 9.44. The van der Waals surface area contributed by atoms with Crippen molar-refractivity contribution in [1.29, 1.82) is 0 Å². The number of non-ortho nitro benzene ring substituents is 1. The van der Waals surface area contributed by atoms with E-state index in [1.807, 2.05) is 5.38 Å². The van der Waals surface area contributed by atoms with Crippen molar-refractivity contribution < 1.29 is 14.5 Å². The Hall–Kier alpha value is -2.00. The Labute approximate surface area is 159 Å². The Bertz CT molecular complexity index is 778. The van der Waals surface area contributed by atoms with Gasteiger partial charge >= 0.3 is 0 Å². The third-order valence-corrected chi connectivity index (χ3v) is 5.29. The summed E-state index contributed by atoms with van der Waals surface area (Å²) in [5.41, 5.74) is 1.23. The van der Waals surface area contributed by atoms with Gasteiger partial charge in [0, 0.05) is 31.8 Å². The van der Waals surface area contributed by atoms with Gasteiger partial charge in [0.2, 0.25) is 0 Å². The molecule has 138 valence electrons. The van der Waals surface area contributed by atoms with Crippen LogP contribution in [0.4, 0.5) is 5.69 Å². The van der Waals surface area contributed by atoms with Crippen molar-refractivity contribution in [3.05, 3.63) is 61.3 Å². The number of benzene rings is 1. The second-order valence-corrected chi connectivity index (χ2v) is 7.04. The zero-order valence-electron chi connectivity index (χ0n) is 13.9. The number of carbonyl (C=O) groups is 1. The molecule has 7 nitrogen and oxygen atoms in total. The van der Waals surface area contributed by atoms with E-state index in [0.29, 0.717) is 19.8 Å². The molecule has 0 bridgehead atoms. The highest BCUT2D eigenvalue weighted by Gasteiger charge is 2.24. The number of halogens is 1. The van der Waals surface area contributed by atoms with Crippen LogP contribution in [0.3, 0.4) is 0 Å². The molecule has 1 aromatic carbocycles. The van der Waals surface area contributed by atoms with Gasteiger partial charge in [0.25, 0.3) is 11.6 Å². The summed E-state index contributed by atoms with van der Waals surface area (Å²) < 4.78 is 5.41. The average molecular weight is 396 g/mol. The Morgan fingerprint density at radius 3 is 2.77 bits per heavy atom. The fourth-order valence-corrected chi connectivity index (χ4v) is 3.87. The topological polar surface area (TPSA) is 84.7 Å². The minimum absolute atomic E-state index is 0.0472. The van der Waals surface area contributed by atoms with Gasteiger partial charge in [-0.2, -0.15) is 11.3 Å². The van der Waals surface area contributed by atoms with Gasteiger partial charge in [-0.3, -0.25) is 19.8 Å². The highest BCUT2D eigenvalue weighted by Crippen LogP contribution is 2.25. The second-order valence-electron chi connectivity index (χ2n) is 5.85. The molecule has 1 N–H and O–H groups in total. The smallest absolute Gasteiger partial charge is 0.270 e. The predicted octanol–water partition coefficient (Wildman–Crippen LogP) is 3.11. The third kappa shape index (κ3) is 4.39. The summed E-state index contributed by atoms with van der Waals surface area (Å²) >= 11 is 7.66. The second kappa shape index (κ2) is 8.59. The van der Waals surface area contributed by atoms with Crippen LogP contribution < -0.4 is 5.32 Å². The number of amides is 1. The molecule has 1 aromatic heterocycles. The number of hydrogen-bond acceptors (Lipinski definition) is 6. The molecule has 0 saturated carbocycles. The molecule has 0 radical (unpaired) electrons. The summed E-state index contributed by atoms with van der Waals surface area (Å²) in [7, 11) is 0. The molecular weight excluding hydrogens is 378 g/mol. The molecule has 2 heterocycles. The van der Waals surface area contributed by atoms with Gasteiger partial charge in [0.15, 0.2) is 0 Å². The number of nitrogens with one attached hydrogen (secondary N) is 1. The lowest BCUT2D eigenvalue weighted by atomic mass is 10.1. The number of nitro benzene ring substituents is 1. The van der Waals surface area contributed by atoms with Gasteiger partial charge in [-0.1, -0.05) is 11.6 Å². The third-order valence-electron chi connectivity index (χ3n) is 4.28. The van der Waals surface area contributed by atoms with Crippen LogP contribution in [0.25, 0.3) is 0 Å². The summed E-state index contributed by atoms with van der Waals surface area (Å²) in [6.07, 6.45) is 0. The summed E-state index contributed by atoms with van der Waals surface area (Å²) in [6.45, 7) is 3.36. The standard InChI is InChI=1S/C17H18ClN3O4S/c18-15-9-13(21(23)24)1-2-14(15)17(22)19-10-16(12-3-8-26-11-12)20-4-6-25-7-5-20/h1-3,8-9,11,16H,4-7,10H2,(H,19,22). The van der Waals surface area contributed by atoms with E-state index in [1.54, 1.807) is 11.3 Å². The summed E-state index contributed by atoms with van der Waals surface area (Å²) in [6, 6.07) is 5.94. The number of nitro groups is 1. The number of thiophene rings is 1. The molecule has 1 saturated heterocycles. The van der Waals surface area contributed by atoms with Crippen molar-refractivity contribution in [1.82, 2.24) is 10.2 Å². The lowest BCUT2D eigenvalue weighted by Crippen LogP contribution is -2.43. The molecule has 1 aliphatic heterocycles. The molecular formula is C17H18ClN3O4S. The molecule has 3 rings (SSSR count). The van der Waals surface area contributed by atoms with E-state index in [4.69, 9.17) is 16.3 Å². The first kappa shape index (κ1) is 18.8. The van der Waals surface area contributed by atoms with Gasteiger partial charge in [-0.25, -0.2) is 0 Å². The van der Waals surface area contributed by atoms with E-state index >= 15 is 0 Å². The van der Waals surface area contributed by atoms with Crippen molar-refractivity contribution in [3.8, 4) is 0 Å². The summed E-state index contributed by atoms with van der Waals surface area (Å²) in [5, 5.41) is 17.8. The minimum Gasteiger partial charge on any atom is -0.379 e. The molecule has 1 atom stereocenters. The number of nitrogens with zero attached hydrogens (tertiary/aromatic N) is 2. The fourth-order valence-electron chi connectivity index (χ4n) is 2.90. The number of ether oxygens (including phenoxy) is 1. The monoisotopic (exact) mass is 395 g/mol. The Kier molecular flexibility index (Phi) is 6.20. The van der Waals surface area contributed by atoms with Crippen LogP contribution in [0.5, 0.6) is 0 Å². The maximum atomic E-state index is 12.5. The van der Waals surface area contributed by atoms with Crippen molar-refractivity contribution in [2.24, 2.45) is 0 Å². The van der Waals surface area contributed by atoms with Crippen LogP contribution in [0.1, 0.15) is 22.0 Å². The number of carbonyl (C=O) groups excluding carboxylic acids is 1. The molecule has 1 amide bonds. The molecule has 2 aromatic rings. The number of rotatable bonds is 6. The average Bonchev–Trinajstić information content (AvgIpc) is 3.17.